The standard InChI is InChI=1S/C24H35O2S.2CH4.ClH/c1-4-7-8-21-13-15-24(16-14-21)26-18-17-25-19-22-9-11-23(12-10-22)20-27(5-2)6-3;;;/h9-16H,4-8,17-20H2,1-3H3;2*1H4;1H/q+1;;;/p-1. The number of hydrogen-bond acceptors (Lipinski definition) is 2. The van der Waals surface area contributed by atoms with E-state index in [1.165, 1.54) is 46.8 Å². The maximum Gasteiger partial charge on any atom is 0.133 e. The van der Waals surface area contributed by atoms with Gasteiger partial charge in [-0.05, 0) is 60.8 Å². The van der Waals surface area contributed by atoms with Gasteiger partial charge in [-0.2, -0.15) is 0 Å². The number of aryl methyl sites for hydroxylation is 1. The van der Waals surface area contributed by atoms with Gasteiger partial charge in [-0.15, -0.1) is 0 Å². The van der Waals surface area contributed by atoms with Crippen molar-refractivity contribution in [3.8, 4) is 5.75 Å². The average molecular weight is 455 g/mol. The van der Waals surface area contributed by atoms with Crippen molar-refractivity contribution >= 4 is 10.9 Å². The first-order valence-corrected chi connectivity index (χ1v) is 12.0. The zero-order valence-corrected chi connectivity index (χ0v) is 19.2. The van der Waals surface area contributed by atoms with Crippen molar-refractivity contribution in [1.82, 2.24) is 0 Å². The lowest BCUT2D eigenvalue weighted by molar-refractivity contribution is -0.00000719. The van der Waals surface area contributed by atoms with Gasteiger partial charge in [-0.25, -0.2) is 0 Å². The molecule has 0 aromatic heterocycles. The fourth-order valence-corrected chi connectivity index (χ4v) is 4.40. The molecule has 2 rings (SSSR count). The molecule has 4 heteroatoms. The second-order valence-corrected chi connectivity index (χ2v) is 9.47. The van der Waals surface area contributed by atoms with E-state index in [-0.39, 0.29) is 27.3 Å². The Morgan fingerprint density at radius 3 is 1.87 bits per heavy atom. The van der Waals surface area contributed by atoms with Gasteiger partial charge in [0.15, 0.2) is 0 Å². The van der Waals surface area contributed by atoms with Crippen LogP contribution >= 0.6 is 0 Å². The fraction of sp³-hybridized carbons (Fsp3) is 0.538. The predicted octanol–water partition coefficient (Wildman–Crippen LogP) is 4.06. The first-order chi connectivity index (χ1) is 13.2. The zero-order valence-electron chi connectivity index (χ0n) is 17.6. The molecule has 2 aromatic rings. The van der Waals surface area contributed by atoms with Crippen molar-refractivity contribution in [2.45, 2.75) is 67.2 Å². The molecule has 0 amide bonds. The minimum atomic E-state index is 0. The number of rotatable bonds is 13. The molecule has 0 radical (unpaired) electrons. The van der Waals surface area contributed by atoms with Crippen LogP contribution in [0, 0.1) is 0 Å². The Balaban J connectivity index is 0. The van der Waals surface area contributed by atoms with Crippen LogP contribution in [0.5, 0.6) is 5.75 Å². The van der Waals surface area contributed by atoms with Crippen molar-refractivity contribution < 1.29 is 21.9 Å². The summed E-state index contributed by atoms with van der Waals surface area (Å²) in [6.45, 7) is 8.64. The highest BCUT2D eigenvalue weighted by Crippen LogP contribution is 2.14. The van der Waals surface area contributed by atoms with Crippen LogP contribution in [-0.4, -0.2) is 24.7 Å². The molecule has 172 valence electrons. The Bertz CT molecular complexity index is 624. The molecule has 30 heavy (non-hydrogen) atoms. The van der Waals surface area contributed by atoms with E-state index >= 15 is 0 Å². The Hall–Kier alpha value is -1.16. The predicted molar refractivity (Wildman–Crippen MR) is 132 cm³/mol. The van der Waals surface area contributed by atoms with E-state index in [9.17, 15) is 0 Å². The Kier molecular flexibility index (Phi) is 19.2. The molecule has 0 unspecified atom stereocenters. The molecule has 0 N–H and O–H groups in total. The molecule has 0 spiro atoms. The molecule has 0 aliphatic carbocycles. The summed E-state index contributed by atoms with van der Waals surface area (Å²) >= 11 is 0. The summed E-state index contributed by atoms with van der Waals surface area (Å²) in [6.07, 6.45) is 3.63. The molecule has 2 nitrogen and oxygen atoms in total. The van der Waals surface area contributed by atoms with Crippen LogP contribution in [0.4, 0.5) is 0 Å². The molecular weight excluding hydrogens is 412 g/mol. The van der Waals surface area contributed by atoms with Gasteiger partial charge in [-0.3, -0.25) is 0 Å². The summed E-state index contributed by atoms with van der Waals surface area (Å²) in [4.78, 5) is 0. The molecular formula is C26H43ClO2S. The molecule has 0 atom stereocenters. The van der Waals surface area contributed by atoms with Crippen molar-refractivity contribution in [3.63, 3.8) is 0 Å². The third-order valence-electron chi connectivity index (χ3n) is 4.72. The number of hydrogen-bond donors (Lipinski definition) is 0. The van der Waals surface area contributed by atoms with Crippen LogP contribution in [0.15, 0.2) is 48.5 Å². The van der Waals surface area contributed by atoms with Crippen molar-refractivity contribution in [2.75, 3.05) is 24.7 Å². The number of unbranched alkanes of at least 4 members (excludes halogenated alkanes) is 1. The quantitative estimate of drug-likeness (QED) is 0.335. The zero-order chi connectivity index (χ0) is 19.3. The first kappa shape index (κ1) is 31.0. The SMILES string of the molecule is C.C.CCCCc1ccc(OCCOCc2ccc(C[S+](CC)CC)cc2)cc1.[Cl-]. The lowest BCUT2D eigenvalue weighted by Gasteiger charge is -2.09. The summed E-state index contributed by atoms with van der Waals surface area (Å²) in [6, 6.07) is 17.3. The van der Waals surface area contributed by atoms with E-state index in [4.69, 9.17) is 9.47 Å². The summed E-state index contributed by atoms with van der Waals surface area (Å²) in [7, 11) is 0.526. The van der Waals surface area contributed by atoms with E-state index in [0.29, 0.717) is 30.7 Å². The minimum absolute atomic E-state index is 0. The minimum Gasteiger partial charge on any atom is -1.00 e. The second kappa shape index (κ2) is 18.6. The normalized spacial score (nSPS) is 10.0. The number of benzene rings is 2. The van der Waals surface area contributed by atoms with Gasteiger partial charge in [0.05, 0.1) is 13.2 Å². The van der Waals surface area contributed by atoms with Crippen LogP contribution in [0.1, 0.15) is 65.2 Å². The maximum atomic E-state index is 5.77. The Morgan fingerprint density at radius 1 is 0.733 bits per heavy atom. The molecule has 0 heterocycles. The van der Waals surface area contributed by atoms with Crippen LogP contribution in [0.3, 0.4) is 0 Å². The van der Waals surface area contributed by atoms with Gasteiger partial charge in [0, 0.05) is 5.56 Å². The second-order valence-electron chi connectivity index (χ2n) is 6.80. The summed E-state index contributed by atoms with van der Waals surface area (Å²) in [5, 5.41) is 0. The maximum absolute atomic E-state index is 5.77. The van der Waals surface area contributed by atoms with Gasteiger partial charge in [0.2, 0.25) is 0 Å². The molecule has 2 aromatic carbocycles. The van der Waals surface area contributed by atoms with E-state index in [1.807, 2.05) is 0 Å². The van der Waals surface area contributed by atoms with Crippen molar-refractivity contribution in [3.05, 3.63) is 65.2 Å². The van der Waals surface area contributed by atoms with E-state index in [1.54, 1.807) is 0 Å². The highest BCUT2D eigenvalue weighted by atomic mass is 35.5. The van der Waals surface area contributed by atoms with Gasteiger partial charge in [-0.1, -0.05) is 64.6 Å². The van der Waals surface area contributed by atoms with E-state index in [2.05, 4.69) is 69.3 Å². The molecule has 0 saturated heterocycles. The van der Waals surface area contributed by atoms with Crippen molar-refractivity contribution in [2.24, 2.45) is 0 Å². The summed E-state index contributed by atoms with van der Waals surface area (Å²) in [5.41, 5.74) is 4.05. The molecule has 0 saturated carbocycles. The third kappa shape index (κ3) is 11.9. The summed E-state index contributed by atoms with van der Waals surface area (Å²) < 4.78 is 11.5. The topological polar surface area (TPSA) is 18.5 Å². The summed E-state index contributed by atoms with van der Waals surface area (Å²) in [5.74, 6) is 4.69. The molecule has 0 aliphatic rings. The van der Waals surface area contributed by atoms with E-state index < -0.39 is 0 Å². The third-order valence-corrected chi connectivity index (χ3v) is 7.09. The fourth-order valence-electron chi connectivity index (χ4n) is 2.92. The van der Waals surface area contributed by atoms with Gasteiger partial charge >= 0.3 is 0 Å². The number of ether oxygens (including phenoxy) is 2. The van der Waals surface area contributed by atoms with Gasteiger partial charge in [0.1, 0.15) is 29.6 Å². The molecule has 0 bridgehead atoms. The largest absolute Gasteiger partial charge is 1.00 e. The highest BCUT2D eigenvalue weighted by Gasteiger charge is 2.12. The van der Waals surface area contributed by atoms with Crippen molar-refractivity contribution in [1.29, 1.82) is 0 Å². The lowest BCUT2D eigenvalue weighted by Crippen LogP contribution is -3.00. The van der Waals surface area contributed by atoms with Gasteiger partial charge in [0.25, 0.3) is 0 Å². The van der Waals surface area contributed by atoms with Crippen LogP contribution in [0.2, 0.25) is 0 Å². The van der Waals surface area contributed by atoms with Crippen LogP contribution in [0.25, 0.3) is 0 Å². The Morgan fingerprint density at radius 2 is 1.30 bits per heavy atom. The highest BCUT2D eigenvalue weighted by molar-refractivity contribution is 7.96. The first-order valence-electron chi connectivity index (χ1n) is 10.3. The lowest BCUT2D eigenvalue weighted by atomic mass is 10.1. The van der Waals surface area contributed by atoms with Crippen LogP contribution < -0.4 is 17.1 Å². The monoisotopic (exact) mass is 454 g/mol. The van der Waals surface area contributed by atoms with Crippen LogP contribution in [-0.2, 0) is 34.4 Å². The molecule has 0 fully saturated rings. The van der Waals surface area contributed by atoms with Gasteiger partial charge < -0.3 is 21.9 Å². The Labute approximate surface area is 195 Å². The van der Waals surface area contributed by atoms with E-state index in [0.717, 1.165) is 12.2 Å². The number of halogens is 1. The molecule has 0 aliphatic heterocycles. The smallest absolute Gasteiger partial charge is 0.133 e. The average Bonchev–Trinajstić information content (AvgIpc) is 2.72.